The summed E-state index contributed by atoms with van der Waals surface area (Å²) in [5.41, 5.74) is 0. The second-order valence-corrected chi connectivity index (χ2v) is 2.48. The molecule has 0 heterocycles. The Morgan fingerprint density at radius 3 is 2.15 bits per heavy atom. The van der Waals surface area contributed by atoms with Crippen molar-refractivity contribution in [3.63, 3.8) is 0 Å². The largest absolute Gasteiger partial charge is 0.550 e. The van der Waals surface area contributed by atoms with E-state index in [9.17, 15) is 24.6 Å². The minimum absolute atomic E-state index is 0.232. The van der Waals surface area contributed by atoms with Gasteiger partial charge in [-0.1, -0.05) is 0 Å². The molecule has 0 aromatic heterocycles. The van der Waals surface area contributed by atoms with Crippen molar-refractivity contribution in [2.24, 2.45) is 0 Å². The summed E-state index contributed by atoms with van der Waals surface area (Å²) in [5.74, 6) is -3.42. The molecule has 0 aliphatic rings. The Balaban J connectivity index is 4.02. The minimum atomic E-state index is -1.50. The minimum Gasteiger partial charge on any atom is -0.550 e. The van der Waals surface area contributed by atoms with Gasteiger partial charge in [0.15, 0.2) is 0 Å². The molecule has 0 spiro atoms. The maximum atomic E-state index is 10.4. The fraction of sp³-hybridized carbons (Fsp3) is 0.571. The molecule has 1 atom stereocenters. The van der Waals surface area contributed by atoms with Gasteiger partial charge in [-0.15, -0.1) is 0 Å². The van der Waals surface area contributed by atoms with Crippen LogP contribution < -0.4 is 15.5 Å². The van der Waals surface area contributed by atoms with Crippen LogP contribution in [0.4, 0.5) is 0 Å². The highest BCUT2D eigenvalue weighted by Gasteiger charge is 2.10. The van der Waals surface area contributed by atoms with Gasteiger partial charge >= 0.3 is 0 Å². The van der Waals surface area contributed by atoms with Crippen molar-refractivity contribution < 1.29 is 24.6 Å². The molecule has 74 valence electrons. The van der Waals surface area contributed by atoms with E-state index in [0.717, 1.165) is 6.92 Å². The smallest absolute Gasteiger partial charge is 0.217 e. The Bertz CT molecular complexity index is 225. The molecule has 0 saturated heterocycles. The van der Waals surface area contributed by atoms with Crippen molar-refractivity contribution in [2.75, 3.05) is 0 Å². The van der Waals surface area contributed by atoms with Gasteiger partial charge in [0, 0.05) is 12.9 Å². The van der Waals surface area contributed by atoms with E-state index in [1.54, 1.807) is 0 Å². The molecule has 0 rings (SSSR count). The molecule has 0 fully saturated rings. The average Bonchev–Trinajstić information content (AvgIpc) is 1.96. The molecule has 0 aromatic carbocycles. The third kappa shape index (κ3) is 5.66. The molecule has 1 amide bonds. The Labute approximate surface area is 74.6 Å². The zero-order valence-corrected chi connectivity index (χ0v) is 7.03. The number of carboxylic acid groups (broad SMARTS) is 2. The number of carboxylic acids is 2. The van der Waals surface area contributed by atoms with Gasteiger partial charge in [0.05, 0.1) is 12.0 Å². The first kappa shape index (κ1) is 11.4. The molecule has 0 unspecified atom stereocenters. The summed E-state index contributed by atoms with van der Waals surface area (Å²) < 4.78 is 0. The van der Waals surface area contributed by atoms with Crippen molar-refractivity contribution in [3.05, 3.63) is 0 Å². The Morgan fingerprint density at radius 1 is 1.31 bits per heavy atom. The van der Waals surface area contributed by atoms with Crippen LogP contribution in [0.2, 0.25) is 0 Å². The first-order valence-corrected chi connectivity index (χ1v) is 3.61. The number of hydrogen-bond acceptors (Lipinski definition) is 5. The lowest BCUT2D eigenvalue weighted by Gasteiger charge is -2.18. The predicted octanol–water partition coefficient (Wildman–Crippen LogP) is -3.23. The van der Waals surface area contributed by atoms with E-state index >= 15 is 0 Å². The van der Waals surface area contributed by atoms with Crippen molar-refractivity contribution >= 4 is 17.8 Å². The summed E-state index contributed by atoms with van der Waals surface area (Å²) in [6.07, 6.45) is -0.664. The Morgan fingerprint density at radius 2 is 1.85 bits per heavy atom. The van der Waals surface area contributed by atoms with Gasteiger partial charge in [-0.25, -0.2) is 0 Å². The van der Waals surface area contributed by atoms with E-state index in [-0.39, 0.29) is 6.42 Å². The van der Waals surface area contributed by atoms with Crippen LogP contribution in [0, 0.1) is 0 Å². The van der Waals surface area contributed by atoms with Gasteiger partial charge in [0.2, 0.25) is 5.91 Å². The van der Waals surface area contributed by atoms with Crippen LogP contribution in [0.1, 0.15) is 19.8 Å². The summed E-state index contributed by atoms with van der Waals surface area (Å²) in [5, 5.41) is 22.3. The standard InChI is InChI=1S/C7H11NO5/c1-4(9)8-5(7(12)13)2-3-6(10)11/h5H,2-3H2,1H3,(H,8,9)(H,10,11)(H,12,13)/p-2/t5-/m0/s1. The molecule has 13 heavy (non-hydrogen) atoms. The summed E-state index contributed by atoms with van der Waals surface area (Å²) in [4.78, 5) is 30.7. The Hall–Kier alpha value is -1.59. The molecule has 0 radical (unpaired) electrons. The zero-order chi connectivity index (χ0) is 10.4. The van der Waals surface area contributed by atoms with Gasteiger partial charge in [-0.3, -0.25) is 4.79 Å². The van der Waals surface area contributed by atoms with Crippen LogP contribution >= 0.6 is 0 Å². The molecular weight excluding hydrogens is 178 g/mol. The first-order valence-electron chi connectivity index (χ1n) is 3.61. The number of nitrogens with one attached hydrogen (secondary N) is 1. The van der Waals surface area contributed by atoms with Gasteiger partial charge in [-0.05, 0) is 12.8 Å². The lowest BCUT2D eigenvalue weighted by molar-refractivity contribution is -0.310. The second kappa shape index (κ2) is 5.13. The maximum Gasteiger partial charge on any atom is 0.217 e. The highest BCUT2D eigenvalue weighted by atomic mass is 16.4. The zero-order valence-electron chi connectivity index (χ0n) is 7.03. The third-order valence-electron chi connectivity index (χ3n) is 1.30. The molecule has 0 aliphatic heterocycles. The van der Waals surface area contributed by atoms with Crippen molar-refractivity contribution in [2.45, 2.75) is 25.8 Å². The van der Waals surface area contributed by atoms with Crippen LogP contribution in [0.5, 0.6) is 0 Å². The first-order chi connectivity index (χ1) is 5.93. The number of carbonyl (C=O) groups excluding carboxylic acids is 3. The number of hydrogen-bond donors (Lipinski definition) is 1. The van der Waals surface area contributed by atoms with Crippen LogP contribution in [0.3, 0.4) is 0 Å². The second-order valence-electron chi connectivity index (χ2n) is 2.48. The topological polar surface area (TPSA) is 109 Å². The quantitative estimate of drug-likeness (QED) is 0.486. The summed E-state index contributed by atoms with van der Waals surface area (Å²) in [6.45, 7) is 1.13. The Kier molecular flexibility index (Phi) is 4.50. The van der Waals surface area contributed by atoms with Crippen molar-refractivity contribution in [1.82, 2.24) is 5.32 Å². The molecule has 6 heteroatoms. The van der Waals surface area contributed by atoms with Gasteiger partial charge in [0.25, 0.3) is 0 Å². The van der Waals surface area contributed by atoms with Crippen LogP contribution in [-0.2, 0) is 14.4 Å². The third-order valence-corrected chi connectivity index (χ3v) is 1.30. The van der Waals surface area contributed by atoms with Gasteiger partial charge in [-0.2, -0.15) is 0 Å². The molecule has 0 bridgehead atoms. The highest BCUT2D eigenvalue weighted by molar-refractivity contribution is 5.81. The van der Waals surface area contributed by atoms with Gasteiger partial charge in [0.1, 0.15) is 0 Å². The lowest BCUT2D eigenvalue weighted by Crippen LogP contribution is -2.47. The number of amides is 1. The van der Waals surface area contributed by atoms with Crippen LogP contribution in [0.25, 0.3) is 0 Å². The predicted molar refractivity (Wildman–Crippen MR) is 36.9 cm³/mol. The molecular formula is C7H9NO5-2. The molecule has 1 N–H and O–H groups in total. The number of aliphatic carboxylic acids is 2. The van der Waals surface area contributed by atoms with E-state index in [0.29, 0.717) is 0 Å². The van der Waals surface area contributed by atoms with Crippen LogP contribution in [-0.4, -0.2) is 23.9 Å². The molecule has 0 saturated carbocycles. The fourth-order valence-corrected chi connectivity index (χ4v) is 0.756. The fourth-order valence-electron chi connectivity index (χ4n) is 0.756. The summed E-state index contributed by atoms with van der Waals surface area (Å²) >= 11 is 0. The normalized spacial score (nSPS) is 11.8. The average molecular weight is 187 g/mol. The highest BCUT2D eigenvalue weighted by Crippen LogP contribution is 1.95. The van der Waals surface area contributed by atoms with Crippen LogP contribution in [0.15, 0.2) is 0 Å². The molecule has 0 aromatic rings. The van der Waals surface area contributed by atoms with E-state index in [2.05, 4.69) is 0 Å². The van der Waals surface area contributed by atoms with Crippen molar-refractivity contribution in [1.29, 1.82) is 0 Å². The van der Waals surface area contributed by atoms with E-state index in [4.69, 9.17) is 0 Å². The summed E-state index contributed by atoms with van der Waals surface area (Å²) in [7, 11) is 0. The SMILES string of the molecule is CC(=O)N[C@@H](CCC(=O)[O-])C(=O)[O-]. The van der Waals surface area contributed by atoms with Crippen molar-refractivity contribution in [3.8, 4) is 0 Å². The molecule has 6 nitrogen and oxygen atoms in total. The van der Waals surface area contributed by atoms with E-state index < -0.39 is 30.3 Å². The molecule has 0 aliphatic carbocycles. The number of rotatable bonds is 5. The lowest BCUT2D eigenvalue weighted by atomic mass is 10.1. The maximum absolute atomic E-state index is 10.4. The summed E-state index contributed by atoms with van der Waals surface area (Å²) in [6, 6.07) is -1.27. The van der Waals surface area contributed by atoms with Gasteiger partial charge < -0.3 is 25.1 Å². The van der Waals surface area contributed by atoms with E-state index in [1.165, 1.54) is 0 Å². The number of carbonyl (C=O) groups is 3. The van der Waals surface area contributed by atoms with E-state index in [1.807, 2.05) is 5.32 Å². The monoisotopic (exact) mass is 187 g/mol.